The van der Waals surface area contributed by atoms with Gasteiger partial charge in [0, 0.05) is 12.6 Å². The number of benzene rings is 1. The molecule has 3 N–H and O–H groups in total. The molecule has 21 heavy (non-hydrogen) atoms. The minimum absolute atomic E-state index is 0.0421. The van der Waals surface area contributed by atoms with Crippen LogP contribution in [0.1, 0.15) is 37.7 Å². The molecule has 4 heteroatoms. The lowest BCUT2D eigenvalue weighted by Gasteiger charge is -2.28. The van der Waals surface area contributed by atoms with Gasteiger partial charge in [-0.25, -0.2) is 0 Å². The molecule has 116 valence electrons. The van der Waals surface area contributed by atoms with E-state index < -0.39 is 0 Å². The predicted octanol–water partition coefficient (Wildman–Crippen LogP) is 2.40. The van der Waals surface area contributed by atoms with Crippen LogP contribution in [0.4, 0.5) is 0 Å². The van der Waals surface area contributed by atoms with Gasteiger partial charge in [0.05, 0.1) is 13.0 Å². The topological polar surface area (TPSA) is 64.3 Å². The Labute approximate surface area is 127 Å². The maximum absolute atomic E-state index is 11.8. The van der Waals surface area contributed by atoms with Crippen molar-refractivity contribution in [1.82, 2.24) is 5.32 Å². The second-order valence-electron chi connectivity index (χ2n) is 5.93. The van der Waals surface area contributed by atoms with E-state index in [2.05, 4.69) is 5.32 Å². The van der Waals surface area contributed by atoms with Crippen molar-refractivity contribution in [2.24, 2.45) is 11.7 Å². The van der Waals surface area contributed by atoms with Crippen LogP contribution >= 0.6 is 0 Å². The number of hydrogen-bond donors (Lipinski definition) is 2. The Hall–Kier alpha value is -1.55. The van der Waals surface area contributed by atoms with E-state index in [1.54, 1.807) is 0 Å². The average Bonchev–Trinajstić information content (AvgIpc) is 2.46. The van der Waals surface area contributed by atoms with Gasteiger partial charge in [0.1, 0.15) is 5.75 Å². The Kier molecular flexibility index (Phi) is 6.05. The highest BCUT2D eigenvalue weighted by atomic mass is 16.5. The molecule has 1 aliphatic carbocycles. The fourth-order valence-corrected chi connectivity index (χ4v) is 2.79. The van der Waals surface area contributed by atoms with Crippen molar-refractivity contribution < 1.29 is 9.53 Å². The zero-order chi connectivity index (χ0) is 15.1. The first-order valence-electron chi connectivity index (χ1n) is 7.87. The number of carbonyl (C=O) groups is 1. The van der Waals surface area contributed by atoms with Crippen LogP contribution in [0.2, 0.25) is 0 Å². The normalized spacial score (nSPS) is 21.8. The van der Waals surface area contributed by atoms with Gasteiger partial charge >= 0.3 is 0 Å². The van der Waals surface area contributed by atoms with Crippen LogP contribution in [0.3, 0.4) is 0 Å². The van der Waals surface area contributed by atoms with Crippen molar-refractivity contribution in [1.29, 1.82) is 0 Å². The number of rotatable bonds is 6. The van der Waals surface area contributed by atoms with E-state index in [0.29, 0.717) is 25.5 Å². The van der Waals surface area contributed by atoms with Gasteiger partial charge < -0.3 is 15.8 Å². The van der Waals surface area contributed by atoms with E-state index in [1.165, 1.54) is 12.8 Å². The summed E-state index contributed by atoms with van der Waals surface area (Å²) in [5, 5.41) is 2.98. The van der Waals surface area contributed by atoms with Gasteiger partial charge in [-0.1, -0.05) is 25.0 Å². The first-order chi connectivity index (χ1) is 10.1. The van der Waals surface area contributed by atoms with Gasteiger partial charge in [0.25, 0.3) is 0 Å². The molecule has 0 saturated heterocycles. The fourth-order valence-electron chi connectivity index (χ4n) is 2.79. The molecule has 0 aliphatic heterocycles. The predicted molar refractivity (Wildman–Crippen MR) is 84.2 cm³/mol. The SMILES string of the molecule is Cc1cccc(OCCC(=O)NCC2CCCCC2N)c1. The number of ether oxygens (including phenoxy) is 1. The summed E-state index contributed by atoms with van der Waals surface area (Å²) in [5.74, 6) is 1.29. The number of hydrogen-bond acceptors (Lipinski definition) is 3. The van der Waals surface area contributed by atoms with Crippen LogP contribution < -0.4 is 15.8 Å². The largest absolute Gasteiger partial charge is 0.493 e. The number of carbonyl (C=O) groups excluding carboxylic acids is 1. The summed E-state index contributed by atoms with van der Waals surface area (Å²) < 4.78 is 5.58. The molecule has 0 heterocycles. The second kappa shape index (κ2) is 8.03. The summed E-state index contributed by atoms with van der Waals surface area (Å²) in [6.45, 7) is 3.13. The van der Waals surface area contributed by atoms with Gasteiger partial charge in [-0.3, -0.25) is 4.79 Å². The molecule has 0 bridgehead atoms. The Morgan fingerprint density at radius 1 is 1.38 bits per heavy atom. The van der Waals surface area contributed by atoms with E-state index in [1.807, 2.05) is 31.2 Å². The summed E-state index contributed by atoms with van der Waals surface area (Å²) in [4.78, 5) is 11.8. The molecule has 1 amide bonds. The van der Waals surface area contributed by atoms with Crippen molar-refractivity contribution in [3.63, 3.8) is 0 Å². The minimum atomic E-state index is 0.0421. The Morgan fingerprint density at radius 2 is 2.19 bits per heavy atom. The molecule has 2 unspecified atom stereocenters. The monoisotopic (exact) mass is 290 g/mol. The Bertz CT molecular complexity index is 462. The lowest BCUT2D eigenvalue weighted by Crippen LogP contribution is -2.41. The molecule has 1 aromatic rings. The van der Waals surface area contributed by atoms with Crippen molar-refractivity contribution in [2.75, 3.05) is 13.2 Å². The van der Waals surface area contributed by atoms with Gasteiger partial charge in [0.15, 0.2) is 0 Å². The third-order valence-corrected chi connectivity index (χ3v) is 4.12. The first-order valence-corrected chi connectivity index (χ1v) is 7.87. The maximum Gasteiger partial charge on any atom is 0.223 e. The van der Waals surface area contributed by atoms with Crippen molar-refractivity contribution in [3.8, 4) is 5.75 Å². The molecular weight excluding hydrogens is 264 g/mol. The van der Waals surface area contributed by atoms with Crippen molar-refractivity contribution >= 4 is 5.91 Å². The first kappa shape index (κ1) is 15.8. The summed E-state index contributed by atoms with van der Waals surface area (Å²) in [7, 11) is 0. The lowest BCUT2D eigenvalue weighted by atomic mass is 9.85. The summed E-state index contributed by atoms with van der Waals surface area (Å²) in [6.07, 6.45) is 5.04. The maximum atomic E-state index is 11.8. The van der Waals surface area contributed by atoms with E-state index in [9.17, 15) is 4.79 Å². The highest BCUT2D eigenvalue weighted by Gasteiger charge is 2.21. The highest BCUT2D eigenvalue weighted by molar-refractivity contribution is 5.76. The lowest BCUT2D eigenvalue weighted by molar-refractivity contribution is -0.121. The number of amides is 1. The number of aryl methyl sites for hydroxylation is 1. The van der Waals surface area contributed by atoms with Gasteiger partial charge in [-0.05, 0) is 43.4 Å². The van der Waals surface area contributed by atoms with Crippen LogP contribution in [-0.4, -0.2) is 25.1 Å². The van der Waals surface area contributed by atoms with Gasteiger partial charge in [-0.15, -0.1) is 0 Å². The van der Waals surface area contributed by atoms with Crippen molar-refractivity contribution in [2.45, 2.75) is 45.1 Å². The quantitative estimate of drug-likeness (QED) is 0.845. The molecule has 1 saturated carbocycles. The highest BCUT2D eigenvalue weighted by Crippen LogP contribution is 2.22. The van der Waals surface area contributed by atoms with E-state index in [4.69, 9.17) is 10.5 Å². The second-order valence-corrected chi connectivity index (χ2v) is 5.93. The summed E-state index contributed by atoms with van der Waals surface area (Å²) in [6, 6.07) is 8.09. The Balaban J connectivity index is 1.63. The van der Waals surface area contributed by atoms with Crippen LogP contribution in [0.25, 0.3) is 0 Å². The molecule has 0 spiro atoms. The van der Waals surface area contributed by atoms with E-state index >= 15 is 0 Å². The fraction of sp³-hybridized carbons (Fsp3) is 0.588. The molecule has 2 atom stereocenters. The average molecular weight is 290 g/mol. The molecule has 0 aromatic heterocycles. The van der Waals surface area contributed by atoms with Crippen LogP contribution in [0, 0.1) is 12.8 Å². The van der Waals surface area contributed by atoms with Crippen molar-refractivity contribution in [3.05, 3.63) is 29.8 Å². The Morgan fingerprint density at radius 3 is 2.95 bits per heavy atom. The van der Waals surface area contributed by atoms with Gasteiger partial charge in [0.2, 0.25) is 5.91 Å². The standard InChI is InChI=1S/C17H26N2O2/c1-13-5-4-7-15(11-13)21-10-9-17(20)19-12-14-6-2-3-8-16(14)18/h4-5,7,11,14,16H,2-3,6,8-10,12,18H2,1H3,(H,19,20). The zero-order valence-corrected chi connectivity index (χ0v) is 12.8. The van der Waals surface area contributed by atoms with Gasteiger partial charge in [-0.2, -0.15) is 0 Å². The molecule has 1 aromatic carbocycles. The van der Waals surface area contributed by atoms with E-state index in [0.717, 1.165) is 24.2 Å². The molecule has 1 aliphatic rings. The smallest absolute Gasteiger partial charge is 0.223 e. The minimum Gasteiger partial charge on any atom is -0.493 e. The van der Waals surface area contributed by atoms with Crippen LogP contribution in [-0.2, 0) is 4.79 Å². The third kappa shape index (κ3) is 5.38. The molecule has 0 radical (unpaired) electrons. The third-order valence-electron chi connectivity index (χ3n) is 4.12. The zero-order valence-electron chi connectivity index (χ0n) is 12.8. The van der Waals surface area contributed by atoms with E-state index in [-0.39, 0.29) is 11.9 Å². The summed E-state index contributed by atoms with van der Waals surface area (Å²) >= 11 is 0. The molecule has 4 nitrogen and oxygen atoms in total. The van der Waals surface area contributed by atoms with Crippen LogP contribution in [0.5, 0.6) is 5.75 Å². The number of nitrogens with two attached hydrogens (primary N) is 1. The van der Waals surface area contributed by atoms with Crippen LogP contribution in [0.15, 0.2) is 24.3 Å². The number of nitrogens with one attached hydrogen (secondary N) is 1. The molecule has 2 rings (SSSR count). The molecular formula is C17H26N2O2. The summed E-state index contributed by atoms with van der Waals surface area (Å²) in [5.41, 5.74) is 7.24. The molecule has 1 fully saturated rings.